The number of nitrogens with two attached hydrogens (primary N) is 1. The minimum atomic E-state index is -0.734. The van der Waals surface area contributed by atoms with E-state index < -0.39 is 12.0 Å². The third-order valence-electron chi connectivity index (χ3n) is 2.31. The standard InChI is InChI=1S/C12H14BrClN2O3/c1-7(12(18)16(2)6-11(15)17)19-10-4-3-8(14)5-9(10)13/h3-5,7H,6H2,1-2H3,(H2,15,17). The van der Waals surface area contributed by atoms with Gasteiger partial charge in [-0.25, -0.2) is 0 Å². The van der Waals surface area contributed by atoms with Gasteiger partial charge in [0.15, 0.2) is 6.10 Å². The summed E-state index contributed by atoms with van der Waals surface area (Å²) in [5.74, 6) is -0.408. The molecule has 104 valence electrons. The maximum atomic E-state index is 11.9. The van der Waals surface area contributed by atoms with Gasteiger partial charge in [0.25, 0.3) is 5.91 Å². The largest absolute Gasteiger partial charge is 0.480 e. The second-order valence-electron chi connectivity index (χ2n) is 4.00. The zero-order valence-electron chi connectivity index (χ0n) is 10.5. The molecular formula is C12H14BrClN2O3. The van der Waals surface area contributed by atoms with Crippen LogP contribution in [0.5, 0.6) is 5.75 Å². The minimum absolute atomic E-state index is 0.145. The molecule has 1 aromatic rings. The molecular weight excluding hydrogens is 336 g/mol. The molecule has 0 fully saturated rings. The third-order valence-corrected chi connectivity index (χ3v) is 3.17. The van der Waals surface area contributed by atoms with Gasteiger partial charge in [-0.15, -0.1) is 0 Å². The first-order chi connectivity index (χ1) is 8.81. The zero-order chi connectivity index (χ0) is 14.6. The normalized spacial score (nSPS) is 11.8. The quantitative estimate of drug-likeness (QED) is 0.881. The lowest BCUT2D eigenvalue weighted by Gasteiger charge is -2.21. The number of halogens is 2. The molecule has 0 saturated heterocycles. The molecule has 0 saturated carbocycles. The number of ether oxygens (including phenoxy) is 1. The van der Waals surface area contributed by atoms with E-state index in [-0.39, 0.29) is 12.5 Å². The summed E-state index contributed by atoms with van der Waals surface area (Å²) in [6.45, 7) is 1.45. The van der Waals surface area contributed by atoms with Crippen molar-refractivity contribution in [2.24, 2.45) is 5.73 Å². The fourth-order valence-corrected chi connectivity index (χ4v) is 2.21. The number of primary amides is 1. The lowest BCUT2D eigenvalue weighted by Crippen LogP contribution is -2.42. The van der Waals surface area contributed by atoms with Gasteiger partial charge in [-0.1, -0.05) is 11.6 Å². The number of hydrogen-bond donors (Lipinski definition) is 1. The van der Waals surface area contributed by atoms with Crippen LogP contribution < -0.4 is 10.5 Å². The number of nitrogens with zero attached hydrogens (tertiary/aromatic N) is 1. The van der Waals surface area contributed by atoms with Crippen LogP contribution >= 0.6 is 27.5 Å². The Kier molecular flexibility index (Phi) is 5.62. The van der Waals surface area contributed by atoms with Gasteiger partial charge in [-0.05, 0) is 41.1 Å². The molecule has 7 heteroatoms. The van der Waals surface area contributed by atoms with E-state index in [0.717, 1.165) is 0 Å². The number of amides is 2. The summed E-state index contributed by atoms with van der Waals surface area (Å²) in [6, 6.07) is 4.98. The van der Waals surface area contributed by atoms with E-state index in [1.54, 1.807) is 25.1 Å². The molecule has 1 atom stereocenters. The van der Waals surface area contributed by atoms with Crippen molar-refractivity contribution in [3.05, 3.63) is 27.7 Å². The zero-order valence-corrected chi connectivity index (χ0v) is 12.9. The predicted molar refractivity (Wildman–Crippen MR) is 76.1 cm³/mol. The summed E-state index contributed by atoms with van der Waals surface area (Å²) in [5.41, 5.74) is 5.03. The molecule has 0 aromatic heterocycles. The summed E-state index contributed by atoms with van der Waals surface area (Å²) in [5, 5.41) is 0.559. The topological polar surface area (TPSA) is 72.6 Å². The second-order valence-corrected chi connectivity index (χ2v) is 5.29. The summed E-state index contributed by atoms with van der Waals surface area (Å²) < 4.78 is 6.17. The molecule has 1 unspecified atom stereocenters. The molecule has 0 spiro atoms. The first-order valence-electron chi connectivity index (χ1n) is 5.46. The van der Waals surface area contributed by atoms with Crippen LogP contribution in [0.2, 0.25) is 5.02 Å². The van der Waals surface area contributed by atoms with Gasteiger partial charge in [0.05, 0.1) is 11.0 Å². The van der Waals surface area contributed by atoms with E-state index in [1.807, 2.05) is 0 Å². The van der Waals surface area contributed by atoms with Crippen molar-refractivity contribution in [2.45, 2.75) is 13.0 Å². The summed E-state index contributed by atoms with van der Waals surface area (Å²) in [6.07, 6.45) is -0.734. The lowest BCUT2D eigenvalue weighted by molar-refractivity contribution is -0.139. The van der Waals surface area contributed by atoms with E-state index in [4.69, 9.17) is 22.1 Å². The van der Waals surface area contributed by atoms with Crippen LogP contribution in [0.1, 0.15) is 6.92 Å². The van der Waals surface area contributed by atoms with Gasteiger partial charge in [0.2, 0.25) is 5.91 Å². The van der Waals surface area contributed by atoms with Crippen LogP contribution in [-0.4, -0.2) is 36.4 Å². The van der Waals surface area contributed by atoms with Crippen molar-refractivity contribution >= 4 is 39.3 Å². The molecule has 0 radical (unpaired) electrons. The lowest BCUT2D eigenvalue weighted by atomic mass is 10.3. The molecule has 0 aliphatic heterocycles. The highest BCUT2D eigenvalue weighted by molar-refractivity contribution is 9.10. The Labute approximate surface area is 124 Å². The fourth-order valence-electron chi connectivity index (χ4n) is 1.43. The highest BCUT2D eigenvalue weighted by Gasteiger charge is 2.21. The highest BCUT2D eigenvalue weighted by Crippen LogP contribution is 2.28. The van der Waals surface area contributed by atoms with E-state index in [1.165, 1.54) is 11.9 Å². The molecule has 0 bridgehead atoms. The van der Waals surface area contributed by atoms with Crippen molar-refractivity contribution in [1.29, 1.82) is 0 Å². The van der Waals surface area contributed by atoms with E-state index in [2.05, 4.69) is 15.9 Å². The SMILES string of the molecule is CC(Oc1ccc(Cl)cc1Br)C(=O)N(C)CC(N)=O. The fraction of sp³-hybridized carbons (Fsp3) is 0.333. The van der Waals surface area contributed by atoms with Crippen molar-refractivity contribution in [3.8, 4) is 5.75 Å². The number of likely N-dealkylation sites (N-methyl/N-ethyl adjacent to an activating group) is 1. The van der Waals surface area contributed by atoms with Crippen molar-refractivity contribution < 1.29 is 14.3 Å². The highest BCUT2D eigenvalue weighted by atomic mass is 79.9. The Bertz CT molecular complexity index is 496. The monoisotopic (exact) mass is 348 g/mol. The van der Waals surface area contributed by atoms with Crippen LogP contribution in [0.4, 0.5) is 0 Å². The molecule has 0 heterocycles. The maximum Gasteiger partial charge on any atom is 0.263 e. The van der Waals surface area contributed by atoms with Crippen LogP contribution in [0.15, 0.2) is 22.7 Å². The van der Waals surface area contributed by atoms with E-state index >= 15 is 0 Å². The van der Waals surface area contributed by atoms with Crippen LogP contribution in [0.25, 0.3) is 0 Å². The number of carbonyl (C=O) groups excluding carboxylic acids is 2. The molecule has 2 amide bonds. The summed E-state index contributed by atoms with van der Waals surface area (Å²) >= 11 is 9.11. The minimum Gasteiger partial charge on any atom is -0.480 e. The van der Waals surface area contributed by atoms with Gasteiger partial charge in [-0.3, -0.25) is 9.59 Å². The van der Waals surface area contributed by atoms with Crippen molar-refractivity contribution in [1.82, 2.24) is 4.90 Å². The van der Waals surface area contributed by atoms with Gasteiger partial charge < -0.3 is 15.4 Å². The Hall–Kier alpha value is -1.27. The van der Waals surface area contributed by atoms with Crippen molar-refractivity contribution in [3.63, 3.8) is 0 Å². The molecule has 1 aromatic carbocycles. The molecule has 19 heavy (non-hydrogen) atoms. The Morgan fingerprint density at radius 2 is 2.16 bits per heavy atom. The first kappa shape index (κ1) is 15.8. The number of benzene rings is 1. The number of hydrogen-bond acceptors (Lipinski definition) is 3. The van der Waals surface area contributed by atoms with Crippen LogP contribution in [0, 0.1) is 0 Å². The van der Waals surface area contributed by atoms with Gasteiger partial charge in [0.1, 0.15) is 5.75 Å². The number of carbonyl (C=O) groups is 2. The average Bonchev–Trinajstić information content (AvgIpc) is 2.30. The third kappa shape index (κ3) is 4.72. The van der Waals surface area contributed by atoms with Crippen LogP contribution in [0.3, 0.4) is 0 Å². The van der Waals surface area contributed by atoms with Crippen LogP contribution in [-0.2, 0) is 9.59 Å². The molecule has 5 nitrogen and oxygen atoms in total. The Morgan fingerprint density at radius 3 is 2.68 bits per heavy atom. The average molecular weight is 350 g/mol. The van der Waals surface area contributed by atoms with Crippen molar-refractivity contribution in [2.75, 3.05) is 13.6 Å². The Morgan fingerprint density at radius 1 is 1.53 bits per heavy atom. The molecule has 1 rings (SSSR count). The number of rotatable bonds is 5. The molecule has 2 N–H and O–H groups in total. The van der Waals surface area contributed by atoms with E-state index in [9.17, 15) is 9.59 Å². The maximum absolute atomic E-state index is 11.9. The van der Waals surface area contributed by atoms with Gasteiger partial charge in [-0.2, -0.15) is 0 Å². The van der Waals surface area contributed by atoms with E-state index in [0.29, 0.717) is 15.2 Å². The summed E-state index contributed by atoms with van der Waals surface area (Å²) in [4.78, 5) is 23.9. The second kappa shape index (κ2) is 6.77. The predicted octanol–water partition coefficient (Wildman–Crippen LogP) is 1.81. The smallest absolute Gasteiger partial charge is 0.263 e. The molecule has 0 aliphatic carbocycles. The molecule has 0 aliphatic rings. The summed E-state index contributed by atoms with van der Waals surface area (Å²) in [7, 11) is 1.49. The first-order valence-corrected chi connectivity index (χ1v) is 6.63. The van der Waals surface area contributed by atoms with Gasteiger partial charge >= 0.3 is 0 Å². The van der Waals surface area contributed by atoms with Gasteiger partial charge in [0, 0.05) is 12.1 Å². The Balaban J connectivity index is 2.70.